The van der Waals surface area contributed by atoms with Crippen LogP contribution in [0.3, 0.4) is 0 Å². The lowest BCUT2D eigenvalue weighted by atomic mass is 10.1. The van der Waals surface area contributed by atoms with Gasteiger partial charge in [-0.3, -0.25) is 14.4 Å². The SMILES string of the molecule is Cc1c(-c2cn(-c3cc(C(=O)Nc4cc(CN(C)CCO)cc(C(F)(F)F)c4)ccc3Cl)nn2)cnn1C. The third-order valence-electron chi connectivity index (χ3n) is 5.97. The minimum Gasteiger partial charge on any atom is -0.395 e. The van der Waals surface area contributed by atoms with Gasteiger partial charge in [0.2, 0.25) is 0 Å². The molecule has 0 radical (unpaired) electrons. The molecule has 0 aliphatic carbocycles. The largest absolute Gasteiger partial charge is 0.416 e. The number of nitrogens with one attached hydrogen (secondary N) is 1. The van der Waals surface area contributed by atoms with E-state index in [0.29, 0.717) is 22.0 Å². The molecule has 0 saturated carbocycles. The number of carbonyl (C=O) groups is 1. The molecule has 0 bridgehead atoms. The molecule has 4 rings (SSSR count). The van der Waals surface area contributed by atoms with Crippen LogP contribution in [0.2, 0.25) is 5.02 Å². The molecule has 0 spiro atoms. The van der Waals surface area contributed by atoms with Crippen LogP contribution in [-0.4, -0.2) is 60.9 Å². The van der Waals surface area contributed by atoms with Crippen molar-refractivity contribution in [2.75, 3.05) is 25.5 Å². The first kappa shape index (κ1) is 27.3. The van der Waals surface area contributed by atoms with Crippen molar-refractivity contribution < 1.29 is 23.1 Å². The number of alkyl halides is 3. The molecule has 4 aromatic rings. The highest BCUT2D eigenvalue weighted by atomic mass is 35.5. The third-order valence-corrected chi connectivity index (χ3v) is 6.29. The molecule has 1 amide bonds. The predicted molar refractivity (Wildman–Crippen MR) is 136 cm³/mol. The van der Waals surface area contributed by atoms with Crippen LogP contribution in [0.15, 0.2) is 48.8 Å². The van der Waals surface area contributed by atoms with E-state index < -0.39 is 17.6 Å². The summed E-state index contributed by atoms with van der Waals surface area (Å²) in [6.07, 6.45) is -1.29. The summed E-state index contributed by atoms with van der Waals surface area (Å²) in [7, 11) is 3.48. The fourth-order valence-corrected chi connectivity index (χ4v) is 4.07. The monoisotopic (exact) mass is 547 g/mol. The molecule has 13 heteroatoms. The van der Waals surface area contributed by atoms with Crippen molar-refractivity contribution in [3.05, 3.63) is 76.2 Å². The van der Waals surface area contributed by atoms with Gasteiger partial charge in [0, 0.05) is 42.6 Å². The minimum atomic E-state index is -4.60. The van der Waals surface area contributed by atoms with Crippen molar-refractivity contribution in [1.82, 2.24) is 29.7 Å². The zero-order valence-electron chi connectivity index (χ0n) is 20.8. The molecule has 2 aromatic heterocycles. The number of amides is 1. The summed E-state index contributed by atoms with van der Waals surface area (Å²) in [6.45, 7) is 2.20. The number of anilines is 1. The van der Waals surface area contributed by atoms with Crippen LogP contribution >= 0.6 is 11.6 Å². The summed E-state index contributed by atoms with van der Waals surface area (Å²) >= 11 is 6.37. The van der Waals surface area contributed by atoms with Crippen LogP contribution in [0.5, 0.6) is 0 Å². The topological polar surface area (TPSA) is 101 Å². The van der Waals surface area contributed by atoms with Gasteiger partial charge in [0.05, 0.1) is 35.3 Å². The number of aryl methyl sites for hydroxylation is 1. The van der Waals surface area contributed by atoms with Crippen LogP contribution in [0.25, 0.3) is 16.9 Å². The standard InChI is InChI=1S/C25H25ClF3N7O2/c1-15-20(12-30-35(15)3)22-14-36(33-32-22)23-10-17(4-5-21(23)26)24(38)31-19-9-16(13-34(2)6-7-37)8-18(11-19)25(27,28)29/h4-5,8-12,14,37H,6-7,13H2,1-3H3,(H,31,38). The molecule has 0 saturated heterocycles. The van der Waals surface area contributed by atoms with Gasteiger partial charge in [-0.2, -0.15) is 18.3 Å². The molecule has 2 N–H and O–H groups in total. The number of halogens is 4. The molecule has 0 aliphatic rings. The number of hydrogen-bond acceptors (Lipinski definition) is 6. The van der Waals surface area contributed by atoms with Crippen molar-refractivity contribution in [2.24, 2.45) is 7.05 Å². The Morgan fingerprint density at radius 2 is 1.97 bits per heavy atom. The van der Waals surface area contributed by atoms with E-state index in [1.54, 1.807) is 29.0 Å². The summed E-state index contributed by atoms with van der Waals surface area (Å²) < 4.78 is 43.7. The number of aliphatic hydroxyl groups excluding tert-OH is 1. The summed E-state index contributed by atoms with van der Waals surface area (Å²) in [5.74, 6) is -0.625. The van der Waals surface area contributed by atoms with E-state index >= 15 is 0 Å². The second-order valence-corrected chi connectivity index (χ2v) is 9.22. The Hall–Kier alpha value is -3.74. The van der Waals surface area contributed by atoms with E-state index in [1.807, 2.05) is 14.0 Å². The number of aromatic nitrogens is 5. The summed E-state index contributed by atoms with van der Waals surface area (Å²) in [5, 5.41) is 24.4. The van der Waals surface area contributed by atoms with Crippen molar-refractivity contribution in [3.63, 3.8) is 0 Å². The van der Waals surface area contributed by atoms with Gasteiger partial charge < -0.3 is 10.4 Å². The summed E-state index contributed by atoms with van der Waals surface area (Å²) in [6, 6.07) is 7.83. The smallest absolute Gasteiger partial charge is 0.395 e. The number of carbonyl (C=O) groups excluding carboxylic acids is 1. The number of hydrogen-bond donors (Lipinski definition) is 2. The van der Waals surface area contributed by atoms with E-state index in [4.69, 9.17) is 16.7 Å². The number of rotatable bonds is 8. The minimum absolute atomic E-state index is 0.0104. The average Bonchev–Trinajstić information content (AvgIpc) is 3.45. The highest BCUT2D eigenvalue weighted by Crippen LogP contribution is 2.33. The van der Waals surface area contributed by atoms with E-state index in [1.165, 1.54) is 28.9 Å². The van der Waals surface area contributed by atoms with E-state index in [2.05, 4.69) is 20.7 Å². The van der Waals surface area contributed by atoms with Gasteiger partial charge in [-0.1, -0.05) is 16.8 Å². The van der Waals surface area contributed by atoms with Crippen molar-refractivity contribution in [2.45, 2.75) is 19.6 Å². The molecule has 2 heterocycles. The summed E-state index contributed by atoms with van der Waals surface area (Å²) in [4.78, 5) is 14.7. The number of benzene rings is 2. The molecule has 0 unspecified atom stereocenters. The van der Waals surface area contributed by atoms with Gasteiger partial charge in [0.1, 0.15) is 5.69 Å². The number of aliphatic hydroxyl groups is 1. The highest BCUT2D eigenvalue weighted by molar-refractivity contribution is 6.32. The van der Waals surface area contributed by atoms with Gasteiger partial charge in [0.25, 0.3) is 5.91 Å². The second kappa shape index (κ2) is 10.9. The van der Waals surface area contributed by atoms with E-state index in [-0.39, 0.29) is 30.9 Å². The maximum atomic E-state index is 13.5. The number of likely N-dealkylation sites (N-methyl/N-ethyl adjacent to an activating group) is 1. The van der Waals surface area contributed by atoms with E-state index in [0.717, 1.165) is 23.4 Å². The Bertz CT molecular complexity index is 1470. The maximum absolute atomic E-state index is 13.5. The van der Waals surface area contributed by atoms with Crippen LogP contribution in [0.4, 0.5) is 18.9 Å². The molecule has 38 heavy (non-hydrogen) atoms. The molecular weight excluding hydrogens is 523 g/mol. The van der Waals surface area contributed by atoms with Crippen molar-refractivity contribution in [3.8, 4) is 16.9 Å². The van der Waals surface area contributed by atoms with E-state index in [9.17, 15) is 18.0 Å². The first-order valence-corrected chi connectivity index (χ1v) is 11.9. The van der Waals surface area contributed by atoms with Crippen molar-refractivity contribution >= 4 is 23.2 Å². The van der Waals surface area contributed by atoms with Crippen molar-refractivity contribution in [1.29, 1.82) is 0 Å². The fourth-order valence-electron chi connectivity index (χ4n) is 3.87. The normalized spacial score (nSPS) is 11.8. The fraction of sp³-hybridized carbons (Fsp3) is 0.280. The first-order valence-electron chi connectivity index (χ1n) is 11.5. The maximum Gasteiger partial charge on any atom is 0.416 e. The number of nitrogens with zero attached hydrogens (tertiary/aromatic N) is 6. The van der Waals surface area contributed by atoms with Gasteiger partial charge in [-0.05, 0) is 55.9 Å². The average molecular weight is 548 g/mol. The molecule has 2 aromatic carbocycles. The summed E-state index contributed by atoms with van der Waals surface area (Å²) in [5.41, 5.74) is 2.20. The van der Waals surface area contributed by atoms with Crippen LogP contribution in [0, 0.1) is 6.92 Å². The third kappa shape index (κ3) is 6.04. The van der Waals surface area contributed by atoms with Gasteiger partial charge >= 0.3 is 6.18 Å². The molecule has 9 nitrogen and oxygen atoms in total. The predicted octanol–water partition coefficient (Wildman–Crippen LogP) is 4.32. The Balaban J connectivity index is 1.61. The van der Waals surface area contributed by atoms with Gasteiger partial charge in [0.15, 0.2) is 0 Å². The quantitative estimate of drug-likeness (QED) is 0.341. The Morgan fingerprint density at radius 3 is 2.63 bits per heavy atom. The Morgan fingerprint density at radius 1 is 1.21 bits per heavy atom. The lowest BCUT2D eigenvalue weighted by Crippen LogP contribution is -2.22. The highest BCUT2D eigenvalue weighted by Gasteiger charge is 2.31. The molecule has 0 fully saturated rings. The van der Waals surface area contributed by atoms with Gasteiger partial charge in [-0.15, -0.1) is 5.10 Å². The van der Waals surface area contributed by atoms with Crippen LogP contribution in [-0.2, 0) is 19.8 Å². The molecule has 200 valence electrons. The molecule has 0 atom stereocenters. The van der Waals surface area contributed by atoms with Gasteiger partial charge in [-0.25, -0.2) is 4.68 Å². The Labute approximate surface area is 221 Å². The van der Waals surface area contributed by atoms with Crippen LogP contribution < -0.4 is 5.32 Å². The van der Waals surface area contributed by atoms with Crippen LogP contribution in [0.1, 0.15) is 27.2 Å². The second-order valence-electron chi connectivity index (χ2n) is 8.81. The lowest BCUT2D eigenvalue weighted by Gasteiger charge is -2.18. The zero-order chi connectivity index (χ0) is 27.6. The lowest BCUT2D eigenvalue weighted by molar-refractivity contribution is -0.137. The Kier molecular flexibility index (Phi) is 7.86. The molecular formula is C25H25ClF3N7O2. The zero-order valence-corrected chi connectivity index (χ0v) is 21.5. The first-order chi connectivity index (χ1) is 18.0. The molecule has 0 aliphatic heterocycles.